The van der Waals surface area contributed by atoms with Crippen LogP contribution in [0.2, 0.25) is 0 Å². The second kappa shape index (κ2) is 4.40. The summed E-state index contributed by atoms with van der Waals surface area (Å²) in [6, 6.07) is 4.06. The van der Waals surface area contributed by atoms with Crippen molar-refractivity contribution in [2.75, 3.05) is 18.1 Å². The molecule has 19 heavy (non-hydrogen) atoms. The smallest absolute Gasteiger partial charge is 0.295 e. The quantitative estimate of drug-likeness (QED) is 0.798. The third-order valence-electron chi connectivity index (χ3n) is 3.37. The summed E-state index contributed by atoms with van der Waals surface area (Å²) in [7, 11) is 0. The van der Waals surface area contributed by atoms with E-state index in [2.05, 4.69) is 10.3 Å². The highest BCUT2D eigenvalue weighted by Gasteiger charge is 2.34. The molecule has 102 valence electrons. The van der Waals surface area contributed by atoms with E-state index in [0.29, 0.717) is 5.52 Å². The molecule has 1 saturated heterocycles. The molecule has 0 saturated carbocycles. The van der Waals surface area contributed by atoms with Crippen LogP contribution in [0.1, 0.15) is 24.8 Å². The van der Waals surface area contributed by atoms with Crippen LogP contribution in [0.25, 0.3) is 11.0 Å². The molecular weight excluding hydrogens is 257 g/mol. The summed E-state index contributed by atoms with van der Waals surface area (Å²) in [6.45, 7) is 1.60. The third-order valence-corrected chi connectivity index (χ3v) is 3.37. The van der Waals surface area contributed by atoms with E-state index in [1.807, 2.05) is 5.01 Å². The van der Waals surface area contributed by atoms with Gasteiger partial charge < -0.3 is 0 Å². The van der Waals surface area contributed by atoms with Crippen LogP contribution >= 0.6 is 0 Å². The van der Waals surface area contributed by atoms with Gasteiger partial charge in [0.15, 0.2) is 0 Å². The minimum Gasteiger partial charge on any atom is -0.295 e. The van der Waals surface area contributed by atoms with Crippen LogP contribution in [0.5, 0.6) is 0 Å². The summed E-state index contributed by atoms with van der Waals surface area (Å²) < 4.78 is 38.6. The van der Waals surface area contributed by atoms with Crippen molar-refractivity contribution < 1.29 is 13.2 Å². The maximum absolute atomic E-state index is 12.9. The summed E-state index contributed by atoms with van der Waals surface area (Å²) in [4.78, 5) is 1.50. The predicted octanol–water partition coefficient (Wildman–Crippen LogP) is 2.57. The number of nitrogens with zero attached hydrogens (tertiary/aromatic N) is 4. The molecule has 1 aromatic heterocycles. The number of aromatic nitrogens is 3. The van der Waals surface area contributed by atoms with Gasteiger partial charge >= 0.3 is 6.18 Å². The molecule has 2 heterocycles. The van der Waals surface area contributed by atoms with Crippen molar-refractivity contribution in [2.45, 2.75) is 25.4 Å². The Hall–Kier alpha value is -1.79. The van der Waals surface area contributed by atoms with Gasteiger partial charge in [-0.25, -0.2) is 0 Å². The maximum atomic E-state index is 12.9. The first-order valence-corrected chi connectivity index (χ1v) is 6.24. The number of piperidine rings is 1. The number of benzene rings is 1. The van der Waals surface area contributed by atoms with Crippen LogP contribution in [-0.4, -0.2) is 28.2 Å². The van der Waals surface area contributed by atoms with Gasteiger partial charge in [-0.2, -0.15) is 18.0 Å². The van der Waals surface area contributed by atoms with Crippen LogP contribution < -0.4 is 5.01 Å². The molecule has 4 nitrogen and oxygen atoms in total. The van der Waals surface area contributed by atoms with Crippen LogP contribution in [-0.2, 0) is 6.18 Å². The van der Waals surface area contributed by atoms with Crippen LogP contribution in [0, 0.1) is 0 Å². The zero-order valence-electron chi connectivity index (χ0n) is 10.2. The lowest BCUT2D eigenvalue weighted by Gasteiger charge is -2.28. The Morgan fingerprint density at radius 1 is 1.05 bits per heavy atom. The van der Waals surface area contributed by atoms with Gasteiger partial charge in [0.25, 0.3) is 0 Å². The van der Waals surface area contributed by atoms with Gasteiger partial charge in [0.2, 0.25) is 0 Å². The molecule has 0 aliphatic carbocycles. The molecule has 0 radical (unpaired) electrons. The molecule has 7 heteroatoms. The Bertz CT molecular complexity index is 584. The standard InChI is InChI=1S/C12H13F3N4/c13-12(14,15)9-5-4-6-10-11(9)16-17-19(10)18-7-2-1-3-8-18/h4-6H,1-3,7-8H2. The molecule has 1 aromatic carbocycles. The lowest BCUT2D eigenvalue weighted by molar-refractivity contribution is -0.136. The number of alkyl halides is 3. The zero-order chi connectivity index (χ0) is 13.5. The first-order chi connectivity index (χ1) is 9.07. The van der Waals surface area contributed by atoms with Crippen LogP contribution in [0.3, 0.4) is 0 Å². The highest BCUT2D eigenvalue weighted by atomic mass is 19.4. The third kappa shape index (κ3) is 2.13. The average molecular weight is 270 g/mol. The number of halogens is 3. The fourth-order valence-electron chi connectivity index (χ4n) is 2.44. The van der Waals surface area contributed by atoms with Gasteiger partial charge in [-0.15, -0.1) is 5.10 Å². The highest BCUT2D eigenvalue weighted by Crippen LogP contribution is 2.33. The van der Waals surface area contributed by atoms with E-state index < -0.39 is 11.7 Å². The molecule has 2 aromatic rings. The lowest BCUT2D eigenvalue weighted by Crippen LogP contribution is -2.39. The first-order valence-electron chi connectivity index (χ1n) is 6.24. The summed E-state index contributed by atoms with van der Waals surface area (Å²) >= 11 is 0. The summed E-state index contributed by atoms with van der Waals surface area (Å²) in [6.07, 6.45) is -1.19. The fourth-order valence-corrected chi connectivity index (χ4v) is 2.44. The van der Waals surface area contributed by atoms with Gasteiger partial charge in [-0.05, 0) is 36.6 Å². The summed E-state index contributed by atoms with van der Waals surface area (Å²) in [5.74, 6) is 0. The van der Waals surface area contributed by atoms with Gasteiger partial charge in [0, 0.05) is 13.1 Å². The van der Waals surface area contributed by atoms with Crippen LogP contribution in [0.15, 0.2) is 18.2 Å². The largest absolute Gasteiger partial charge is 0.418 e. The number of rotatable bonds is 1. The molecule has 0 spiro atoms. The van der Waals surface area contributed by atoms with Gasteiger partial charge in [0.1, 0.15) is 11.0 Å². The molecule has 1 aliphatic heterocycles. The Labute approximate surface area is 107 Å². The maximum Gasteiger partial charge on any atom is 0.418 e. The Kier molecular flexibility index (Phi) is 2.83. The summed E-state index contributed by atoms with van der Waals surface area (Å²) in [5, 5.41) is 9.54. The Morgan fingerprint density at radius 3 is 2.47 bits per heavy atom. The van der Waals surface area contributed by atoms with Crippen molar-refractivity contribution in [3.8, 4) is 0 Å². The predicted molar refractivity (Wildman–Crippen MR) is 64.3 cm³/mol. The van der Waals surface area contributed by atoms with E-state index in [4.69, 9.17) is 0 Å². The van der Waals surface area contributed by atoms with E-state index in [1.54, 1.807) is 6.07 Å². The van der Waals surface area contributed by atoms with Crippen molar-refractivity contribution in [1.82, 2.24) is 15.1 Å². The van der Waals surface area contributed by atoms with Crippen LogP contribution in [0.4, 0.5) is 13.2 Å². The monoisotopic (exact) mass is 270 g/mol. The molecular formula is C12H13F3N4. The van der Waals surface area contributed by atoms with Gasteiger partial charge in [0.05, 0.1) is 5.56 Å². The normalized spacial score (nSPS) is 17.1. The Balaban J connectivity index is 2.08. The molecule has 0 atom stereocenters. The Morgan fingerprint density at radius 2 is 1.79 bits per heavy atom. The highest BCUT2D eigenvalue weighted by molar-refractivity contribution is 5.78. The zero-order valence-corrected chi connectivity index (χ0v) is 10.2. The number of hydrogen-bond acceptors (Lipinski definition) is 3. The topological polar surface area (TPSA) is 34.0 Å². The molecule has 0 bridgehead atoms. The number of fused-ring (bicyclic) bond motifs is 1. The van der Waals surface area contributed by atoms with E-state index >= 15 is 0 Å². The minimum atomic E-state index is -4.40. The van der Waals surface area contributed by atoms with Crippen molar-refractivity contribution in [3.63, 3.8) is 0 Å². The molecule has 0 unspecified atom stereocenters. The van der Waals surface area contributed by atoms with E-state index in [-0.39, 0.29) is 5.52 Å². The SMILES string of the molecule is FC(F)(F)c1cccc2c1nnn2N1CCCCC1. The number of hydrogen-bond donors (Lipinski definition) is 0. The molecule has 0 amide bonds. The second-order valence-corrected chi connectivity index (χ2v) is 4.66. The average Bonchev–Trinajstić information content (AvgIpc) is 2.82. The molecule has 0 N–H and O–H groups in total. The minimum absolute atomic E-state index is 0.0828. The van der Waals surface area contributed by atoms with Crippen molar-refractivity contribution >= 4 is 11.0 Å². The second-order valence-electron chi connectivity index (χ2n) is 4.66. The van der Waals surface area contributed by atoms with E-state index in [0.717, 1.165) is 38.4 Å². The van der Waals surface area contributed by atoms with Gasteiger partial charge in [-0.1, -0.05) is 6.07 Å². The van der Waals surface area contributed by atoms with E-state index in [9.17, 15) is 13.2 Å². The van der Waals surface area contributed by atoms with Crippen molar-refractivity contribution in [1.29, 1.82) is 0 Å². The molecule has 3 rings (SSSR count). The van der Waals surface area contributed by atoms with Crippen molar-refractivity contribution in [2.24, 2.45) is 0 Å². The molecule has 1 fully saturated rings. The summed E-state index contributed by atoms with van der Waals surface area (Å²) in [5.41, 5.74) is -0.398. The molecule has 1 aliphatic rings. The first kappa shape index (κ1) is 12.3. The van der Waals surface area contributed by atoms with Crippen molar-refractivity contribution in [3.05, 3.63) is 23.8 Å². The fraction of sp³-hybridized carbons (Fsp3) is 0.500. The van der Waals surface area contributed by atoms with E-state index in [1.165, 1.54) is 10.9 Å². The van der Waals surface area contributed by atoms with Gasteiger partial charge in [-0.3, -0.25) is 5.01 Å². The lowest BCUT2D eigenvalue weighted by atomic mass is 10.1.